The summed E-state index contributed by atoms with van der Waals surface area (Å²) in [5, 5.41) is 44.8. The zero-order chi connectivity index (χ0) is 33.1. The maximum atomic E-state index is 9.46. The molecular weight excluding hydrogens is 548 g/mol. The van der Waals surface area contributed by atoms with Gasteiger partial charge in [0.05, 0.1) is 0 Å². The molecule has 5 N–H and O–H groups in total. The minimum Gasteiger partial charge on any atom is -0.508 e. The molecule has 5 rings (SSSR count). The molecule has 0 heterocycles. The molecular formula is C39H48O5. The second-order valence-corrected chi connectivity index (χ2v) is 10.7. The summed E-state index contributed by atoms with van der Waals surface area (Å²) in [5.41, 5.74) is 6.57. The van der Waals surface area contributed by atoms with Crippen LogP contribution in [0.25, 0.3) is 0 Å². The van der Waals surface area contributed by atoms with E-state index in [9.17, 15) is 5.11 Å². The fourth-order valence-electron chi connectivity index (χ4n) is 3.61. The second-order valence-electron chi connectivity index (χ2n) is 10.7. The van der Waals surface area contributed by atoms with Gasteiger partial charge in [-0.25, -0.2) is 0 Å². The van der Waals surface area contributed by atoms with Crippen LogP contribution in [-0.2, 0) is 6.42 Å². The molecule has 44 heavy (non-hydrogen) atoms. The highest BCUT2D eigenvalue weighted by Crippen LogP contribution is 2.25. The van der Waals surface area contributed by atoms with Crippen molar-refractivity contribution in [2.75, 3.05) is 0 Å². The van der Waals surface area contributed by atoms with Gasteiger partial charge in [-0.05, 0) is 116 Å². The first-order chi connectivity index (χ1) is 20.8. The number of rotatable bonds is 2. The van der Waals surface area contributed by atoms with Crippen LogP contribution in [0.2, 0.25) is 0 Å². The third-order valence-corrected chi connectivity index (χ3v) is 6.30. The highest BCUT2D eigenvalue weighted by molar-refractivity contribution is 5.37. The van der Waals surface area contributed by atoms with Gasteiger partial charge in [0, 0.05) is 0 Å². The van der Waals surface area contributed by atoms with Gasteiger partial charge in [0.15, 0.2) is 0 Å². The fourth-order valence-corrected chi connectivity index (χ4v) is 3.61. The van der Waals surface area contributed by atoms with Gasteiger partial charge in [0.25, 0.3) is 0 Å². The molecule has 5 aromatic rings. The number of para-hydroxylation sites is 1. The lowest BCUT2D eigenvalue weighted by Crippen LogP contribution is -1.87. The Morgan fingerprint density at radius 3 is 1.39 bits per heavy atom. The maximum absolute atomic E-state index is 9.46. The summed E-state index contributed by atoms with van der Waals surface area (Å²) in [7, 11) is 0. The van der Waals surface area contributed by atoms with Crippen molar-refractivity contribution < 1.29 is 25.5 Å². The van der Waals surface area contributed by atoms with Crippen molar-refractivity contribution in [3.63, 3.8) is 0 Å². The Bertz CT molecular complexity index is 1430. The quantitative estimate of drug-likeness (QED) is 0.140. The third-order valence-electron chi connectivity index (χ3n) is 6.30. The molecule has 0 radical (unpaired) electrons. The Kier molecular flexibility index (Phi) is 16.9. The molecule has 5 heteroatoms. The Balaban J connectivity index is 0.000000277. The van der Waals surface area contributed by atoms with Crippen LogP contribution in [-0.4, -0.2) is 25.5 Å². The van der Waals surface area contributed by atoms with Gasteiger partial charge in [0.2, 0.25) is 0 Å². The number of hydrogen-bond donors (Lipinski definition) is 5. The van der Waals surface area contributed by atoms with Crippen molar-refractivity contribution in [2.24, 2.45) is 0 Å². The predicted molar refractivity (Wildman–Crippen MR) is 183 cm³/mol. The van der Waals surface area contributed by atoms with E-state index in [1.54, 1.807) is 48.5 Å². The number of aryl methyl sites for hydroxylation is 5. The Hall–Kier alpha value is -4.90. The molecule has 0 aliphatic rings. The molecule has 0 bridgehead atoms. The van der Waals surface area contributed by atoms with Crippen LogP contribution in [0.5, 0.6) is 28.7 Å². The molecule has 0 amide bonds. The SMILES string of the molecule is CCc1ccc(O)cc1.Cc1ccc(C(C)C)c(O)c1.Cc1ccc(O)cc1.Cc1cccc(O)c1.Cc1ccccc1O. The monoisotopic (exact) mass is 596 g/mol. The van der Waals surface area contributed by atoms with Gasteiger partial charge in [-0.15, -0.1) is 0 Å². The van der Waals surface area contributed by atoms with E-state index < -0.39 is 0 Å². The molecule has 234 valence electrons. The molecule has 0 saturated heterocycles. The number of benzene rings is 5. The molecule has 0 saturated carbocycles. The van der Waals surface area contributed by atoms with E-state index in [2.05, 4.69) is 20.8 Å². The van der Waals surface area contributed by atoms with E-state index >= 15 is 0 Å². The van der Waals surface area contributed by atoms with Crippen molar-refractivity contribution >= 4 is 0 Å². The normalized spacial score (nSPS) is 9.55. The number of hydrogen-bond acceptors (Lipinski definition) is 5. The number of aromatic hydroxyl groups is 5. The van der Waals surface area contributed by atoms with Crippen LogP contribution in [0, 0.1) is 27.7 Å². The summed E-state index contributed by atoms with van der Waals surface area (Å²) in [6.45, 7) is 14.0. The van der Waals surface area contributed by atoms with Gasteiger partial charge in [-0.3, -0.25) is 0 Å². The van der Waals surface area contributed by atoms with Gasteiger partial charge < -0.3 is 25.5 Å². The predicted octanol–water partition coefficient (Wildman–Crippen LogP) is 9.88. The lowest BCUT2D eigenvalue weighted by Gasteiger charge is -2.07. The minimum absolute atomic E-state index is 0.329. The largest absolute Gasteiger partial charge is 0.508 e. The van der Waals surface area contributed by atoms with Crippen LogP contribution < -0.4 is 0 Å². The zero-order valence-corrected chi connectivity index (χ0v) is 27.0. The van der Waals surface area contributed by atoms with Crippen LogP contribution in [0.1, 0.15) is 60.1 Å². The van der Waals surface area contributed by atoms with Gasteiger partial charge in [0.1, 0.15) is 28.7 Å². The van der Waals surface area contributed by atoms with Crippen LogP contribution in [0.3, 0.4) is 0 Å². The molecule has 0 fully saturated rings. The molecule has 0 aliphatic heterocycles. The lowest BCUT2D eigenvalue weighted by atomic mass is 10.0. The summed E-state index contributed by atoms with van der Waals surface area (Å²) >= 11 is 0. The Labute approximate surface area is 263 Å². The summed E-state index contributed by atoms with van der Waals surface area (Å²) in [6, 6.07) is 34.6. The first-order valence-corrected chi connectivity index (χ1v) is 14.7. The average Bonchev–Trinajstić information content (AvgIpc) is 2.98. The van der Waals surface area contributed by atoms with Crippen LogP contribution >= 0.6 is 0 Å². The first-order valence-electron chi connectivity index (χ1n) is 14.7. The Morgan fingerprint density at radius 2 is 1.00 bits per heavy atom. The van der Waals surface area contributed by atoms with E-state index in [-0.39, 0.29) is 0 Å². The third kappa shape index (κ3) is 15.9. The summed E-state index contributed by atoms with van der Waals surface area (Å²) in [4.78, 5) is 0. The van der Waals surface area contributed by atoms with Crippen molar-refractivity contribution in [1.82, 2.24) is 0 Å². The molecule has 5 nitrogen and oxygen atoms in total. The number of phenolic OH excluding ortho intramolecular Hbond substituents is 5. The molecule has 0 spiro atoms. The summed E-state index contributed by atoms with van der Waals surface area (Å²) in [5.74, 6) is 2.19. The standard InChI is InChI=1S/C10H14O.C8H10O.3C7H8O/c1-7(2)9-5-4-8(3)6-10(9)11;1-2-7-3-5-8(9)6-4-7;1-6-2-4-7(8)5-3-6;1-6-3-2-4-7(8)5-6;1-6-4-2-3-5-7(6)8/h4-7,11H,1-3H3;3-6,9H,2H2,1H3;3*2-5,8H,1H3. The van der Waals surface area contributed by atoms with Crippen molar-refractivity contribution in [3.05, 3.63) is 149 Å². The topological polar surface area (TPSA) is 101 Å². The zero-order valence-electron chi connectivity index (χ0n) is 27.0. The minimum atomic E-state index is 0.329. The second kappa shape index (κ2) is 20.1. The highest BCUT2D eigenvalue weighted by Gasteiger charge is 2.04. The first kappa shape index (κ1) is 37.1. The highest BCUT2D eigenvalue weighted by atomic mass is 16.3. The number of phenols is 5. The fraction of sp³-hybridized carbons (Fsp3) is 0.231. The molecule has 0 aromatic heterocycles. The molecule has 0 atom stereocenters. The van der Waals surface area contributed by atoms with Crippen molar-refractivity contribution in [2.45, 2.75) is 60.8 Å². The molecule has 0 aliphatic carbocycles. The average molecular weight is 597 g/mol. The van der Waals surface area contributed by atoms with Gasteiger partial charge >= 0.3 is 0 Å². The van der Waals surface area contributed by atoms with E-state index in [1.165, 1.54) is 11.1 Å². The maximum Gasteiger partial charge on any atom is 0.119 e. The lowest BCUT2D eigenvalue weighted by molar-refractivity contribution is 0.464. The van der Waals surface area contributed by atoms with E-state index in [1.807, 2.05) is 94.4 Å². The van der Waals surface area contributed by atoms with Crippen molar-refractivity contribution in [1.29, 1.82) is 0 Å². The van der Waals surface area contributed by atoms with E-state index in [0.29, 0.717) is 34.7 Å². The van der Waals surface area contributed by atoms with Crippen molar-refractivity contribution in [3.8, 4) is 28.7 Å². The van der Waals surface area contributed by atoms with Gasteiger partial charge in [-0.2, -0.15) is 0 Å². The molecule has 0 unspecified atom stereocenters. The van der Waals surface area contributed by atoms with Gasteiger partial charge in [-0.1, -0.05) is 93.1 Å². The smallest absolute Gasteiger partial charge is 0.119 e. The van der Waals surface area contributed by atoms with Crippen LogP contribution in [0.15, 0.2) is 115 Å². The molecule has 5 aromatic carbocycles. The summed E-state index contributed by atoms with van der Waals surface area (Å²) in [6.07, 6.45) is 1.03. The van der Waals surface area contributed by atoms with E-state index in [4.69, 9.17) is 20.4 Å². The summed E-state index contributed by atoms with van der Waals surface area (Å²) < 4.78 is 0. The Morgan fingerprint density at radius 1 is 0.477 bits per heavy atom. The van der Waals surface area contributed by atoms with E-state index in [0.717, 1.165) is 28.7 Å². The van der Waals surface area contributed by atoms with Crippen LogP contribution in [0.4, 0.5) is 0 Å².